The second-order valence-corrected chi connectivity index (χ2v) is 4.61. The number of amides is 1. The van der Waals surface area contributed by atoms with E-state index in [1.165, 1.54) is 0 Å². The van der Waals surface area contributed by atoms with Crippen LogP contribution in [0.5, 0.6) is 0 Å². The van der Waals surface area contributed by atoms with E-state index in [2.05, 4.69) is 12.2 Å². The van der Waals surface area contributed by atoms with Crippen LogP contribution in [0.3, 0.4) is 0 Å². The van der Waals surface area contributed by atoms with Gasteiger partial charge in [0.15, 0.2) is 0 Å². The molecule has 0 saturated heterocycles. The lowest BCUT2D eigenvalue weighted by molar-refractivity contribution is -0.384. The standard InChI is InChI=1S/C14H18N2O5/c1-2-3-4-5-8-15-13(17)12-9-10(16(20)21)6-7-11(12)14(18)19/h6-7,9H,2-5,8H2,1H3,(H,15,17)(H,18,19). The van der Waals surface area contributed by atoms with E-state index in [-0.39, 0.29) is 16.8 Å². The number of unbranched alkanes of at least 4 members (excludes halogenated alkanes) is 3. The SMILES string of the molecule is CCCCCCNC(=O)c1cc([N+](=O)[O-])ccc1C(=O)O. The number of nitrogens with one attached hydrogen (secondary N) is 1. The number of non-ortho nitro benzene ring substituents is 1. The molecule has 0 fully saturated rings. The largest absolute Gasteiger partial charge is 0.478 e. The quantitative estimate of drug-likeness (QED) is 0.435. The highest BCUT2D eigenvalue weighted by Crippen LogP contribution is 2.18. The highest BCUT2D eigenvalue weighted by Gasteiger charge is 2.20. The minimum absolute atomic E-state index is 0.188. The Morgan fingerprint density at radius 1 is 1.24 bits per heavy atom. The summed E-state index contributed by atoms with van der Waals surface area (Å²) in [7, 11) is 0. The Morgan fingerprint density at radius 3 is 2.52 bits per heavy atom. The van der Waals surface area contributed by atoms with Crippen LogP contribution in [0.1, 0.15) is 53.3 Å². The van der Waals surface area contributed by atoms with Crippen molar-refractivity contribution in [1.82, 2.24) is 5.32 Å². The third kappa shape index (κ3) is 4.87. The first kappa shape index (κ1) is 16.6. The van der Waals surface area contributed by atoms with Gasteiger partial charge in [0.2, 0.25) is 0 Å². The summed E-state index contributed by atoms with van der Waals surface area (Å²) in [6.45, 7) is 2.49. The fraction of sp³-hybridized carbons (Fsp3) is 0.429. The van der Waals surface area contributed by atoms with E-state index < -0.39 is 16.8 Å². The van der Waals surface area contributed by atoms with E-state index in [1.54, 1.807) is 0 Å². The summed E-state index contributed by atoms with van der Waals surface area (Å²) in [5.41, 5.74) is -0.741. The molecule has 0 aromatic heterocycles. The van der Waals surface area contributed by atoms with E-state index in [0.29, 0.717) is 6.54 Å². The van der Waals surface area contributed by atoms with Crippen LogP contribution < -0.4 is 5.32 Å². The lowest BCUT2D eigenvalue weighted by atomic mass is 10.1. The number of carbonyl (C=O) groups excluding carboxylic acids is 1. The van der Waals surface area contributed by atoms with Gasteiger partial charge in [0, 0.05) is 18.7 Å². The normalized spacial score (nSPS) is 10.1. The molecule has 0 aliphatic carbocycles. The number of aromatic carboxylic acids is 1. The van der Waals surface area contributed by atoms with Crippen molar-refractivity contribution in [3.63, 3.8) is 0 Å². The maximum atomic E-state index is 12.0. The first-order valence-corrected chi connectivity index (χ1v) is 6.77. The Labute approximate surface area is 122 Å². The summed E-state index contributed by atoms with van der Waals surface area (Å²) >= 11 is 0. The highest BCUT2D eigenvalue weighted by molar-refractivity contribution is 6.05. The Bertz CT molecular complexity index is 542. The highest BCUT2D eigenvalue weighted by atomic mass is 16.6. The zero-order valence-electron chi connectivity index (χ0n) is 11.8. The molecule has 0 aliphatic rings. The average molecular weight is 294 g/mol. The summed E-state index contributed by atoms with van der Waals surface area (Å²) in [6.07, 6.45) is 3.89. The second-order valence-electron chi connectivity index (χ2n) is 4.61. The number of hydrogen-bond acceptors (Lipinski definition) is 4. The number of nitro groups is 1. The summed E-state index contributed by atoms with van der Waals surface area (Å²) in [5, 5.41) is 22.3. The maximum Gasteiger partial charge on any atom is 0.336 e. The van der Waals surface area contributed by atoms with Crippen LogP contribution in [0, 0.1) is 10.1 Å². The smallest absolute Gasteiger partial charge is 0.336 e. The van der Waals surface area contributed by atoms with Crippen molar-refractivity contribution in [3.8, 4) is 0 Å². The number of benzene rings is 1. The molecule has 0 bridgehead atoms. The third-order valence-electron chi connectivity index (χ3n) is 3.00. The number of nitro benzene ring substituents is 1. The van der Waals surface area contributed by atoms with Gasteiger partial charge in [-0.1, -0.05) is 26.2 Å². The minimum Gasteiger partial charge on any atom is -0.478 e. The molecule has 0 aliphatic heterocycles. The lowest BCUT2D eigenvalue weighted by Gasteiger charge is -2.07. The van der Waals surface area contributed by atoms with E-state index in [9.17, 15) is 19.7 Å². The first-order chi connectivity index (χ1) is 9.97. The third-order valence-corrected chi connectivity index (χ3v) is 3.00. The van der Waals surface area contributed by atoms with Gasteiger partial charge in [-0.3, -0.25) is 14.9 Å². The van der Waals surface area contributed by atoms with Gasteiger partial charge in [-0.25, -0.2) is 4.79 Å². The molecule has 7 heteroatoms. The summed E-state index contributed by atoms with van der Waals surface area (Å²) in [4.78, 5) is 33.1. The van der Waals surface area contributed by atoms with Crippen LogP contribution in [-0.4, -0.2) is 28.5 Å². The minimum atomic E-state index is -1.29. The molecule has 1 aromatic rings. The lowest BCUT2D eigenvalue weighted by Crippen LogP contribution is -2.26. The zero-order valence-corrected chi connectivity index (χ0v) is 11.8. The Kier molecular flexibility index (Phi) is 6.32. The molecule has 2 N–H and O–H groups in total. The van der Waals surface area contributed by atoms with Crippen molar-refractivity contribution in [2.75, 3.05) is 6.54 Å². The predicted molar refractivity (Wildman–Crippen MR) is 76.5 cm³/mol. The van der Waals surface area contributed by atoms with E-state index in [0.717, 1.165) is 43.9 Å². The molecule has 0 atom stereocenters. The Hall–Kier alpha value is -2.44. The number of carboxylic acids is 1. The summed E-state index contributed by atoms with van der Waals surface area (Å²) in [6, 6.07) is 3.14. The van der Waals surface area contributed by atoms with E-state index >= 15 is 0 Å². The van der Waals surface area contributed by atoms with Crippen LogP contribution in [0.15, 0.2) is 18.2 Å². The van der Waals surface area contributed by atoms with Gasteiger partial charge in [-0.15, -0.1) is 0 Å². The first-order valence-electron chi connectivity index (χ1n) is 6.77. The molecular weight excluding hydrogens is 276 g/mol. The van der Waals surface area contributed by atoms with Gasteiger partial charge in [0.25, 0.3) is 11.6 Å². The Balaban J connectivity index is 2.82. The fourth-order valence-corrected chi connectivity index (χ4v) is 1.87. The number of rotatable bonds is 8. The number of nitrogens with zero attached hydrogens (tertiary/aromatic N) is 1. The van der Waals surface area contributed by atoms with Crippen LogP contribution >= 0.6 is 0 Å². The fourth-order valence-electron chi connectivity index (χ4n) is 1.87. The van der Waals surface area contributed by atoms with Crippen molar-refractivity contribution in [1.29, 1.82) is 0 Å². The molecule has 1 aromatic carbocycles. The van der Waals surface area contributed by atoms with Crippen molar-refractivity contribution >= 4 is 17.6 Å². The molecule has 114 valence electrons. The van der Waals surface area contributed by atoms with E-state index in [4.69, 9.17) is 5.11 Å². The van der Waals surface area contributed by atoms with Crippen LogP contribution in [-0.2, 0) is 0 Å². The molecule has 0 saturated carbocycles. The number of carboxylic acid groups (broad SMARTS) is 1. The summed E-state index contributed by atoms with van der Waals surface area (Å²) < 4.78 is 0. The van der Waals surface area contributed by atoms with Crippen LogP contribution in [0.2, 0.25) is 0 Å². The van der Waals surface area contributed by atoms with Crippen molar-refractivity contribution in [2.45, 2.75) is 32.6 Å². The summed E-state index contributed by atoms with van der Waals surface area (Å²) in [5.74, 6) is -1.89. The molecule has 7 nitrogen and oxygen atoms in total. The number of carbonyl (C=O) groups is 2. The van der Waals surface area contributed by atoms with Gasteiger partial charge in [0.1, 0.15) is 0 Å². The van der Waals surface area contributed by atoms with Crippen molar-refractivity contribution < 1.29 is 19.6 Å². The number of hydrogen-bond donors (Lipinski definition) is 2. The molecule has 1 rings (SSSR count). The molecular formula is C14H18N2O5. The molecule has 21 heavy (non-hydrogen) atoms. The topological polar surface area (TPSA) is 110 Å². The molecule has 0 unspecified atom stereocenters. The van der Waals surface area contributed by atoms with Crippen molar-refractivity contribution in [2.24, 2.45) is 0 Å². The van der Waals surface area contributed by atoms with E-state index in [1.807, 2.05) is 0 Å². The monoisotopic (exact) mass is 294 g/mol. The van der Waals surface area contributed by atoms with Gasteiger partial charge in [-0.05, 0) is 12.5 Å². The molecule has 1 amide bonds. The molecule has 0 radical (unpaired) electrons. The maximum absolute atomic E-state index is 12.0. The van der Waals surface area contributed by atoms with Gasteiger partial charge < -0.3 is 10.4 Å². The van der Waals surface area contributed by atoms with Gasteiger partial charge in [-0.2, -0.15) is 0 Å². The zero-order chi connectivity index (χ0) is 15.8. The Morgan fingerprint density at radius 2 is 1.95 bits per heavy atom. The van der Waals surface area contributed by atoms with Crippen LogP contribution in [0.4, 0.5) is 5.69 Å². The van der Waals surface area contributed by atoms with Crippen molar-refractivity contribution in [3.05, 3.63) is 39.4 Å². The predicted octanol–water partition coefficient (Wildman–Crippen LogP) is 2.60. The van der Waals surface area contributed by atoms with Gasteiger partial charge >= 0.3 is 5.97 Å². The molecule has 0 heterocycles. The van der Waals surface area contributed by atoms with Gasteiger partial charge in [0.05, 0.1) is 16.1 Å². The van der Waals surface area contributed by atoms with Crippen LogP contribution in [0.25, 0.3) is 0 Å². The molecule has 0 spiro atoms. The average Bonchev–Trinajstić information content (AvgIpc) is 2.46. The second kappa shape index (κ2) is 7.98.